The van der Waals surface area contributed by atoms with Crippen molar-refractivity contribution in [2.75, 3.05) is 0 Å². The normalized spacial score (nSPS) is 10.8. The molecule has 6 nitrogen and oxygen atoms in total. The summed E-state index contributed by atoms with van der Waals surface area (Å²) in [6.07, 6.45) is 1.80. The molecule has 0 unspecified atom stereocenters. The molecule has 0 atom stereocenters. The fourth-order valence-corrected chi connectivity index (χ4v) is 1.98. The lowest BCUT2D eigenvalue weighted by Gasteiger charge is -2.05. The van der Waals surface area contributed by atoms with E-state index in [1.165, 1.54) is 12.1 Å². The van der Waals surface area contributed by atoms with Crippen molar-refractivity contribution in [3.63, 3.8) is 0 Å². The van der Waals surface area contributed by atoms with Gasteiger partial charge in [0, 0.05) is 31.9 Å². The summed E-state index contributed by atoms with van der Waals surface area (Å²) in [6.45, 7) is 0.285. The Morgan fingerprint density at radius 3 is 2.57 bits per heavy atom. The molecule has 0 fully saturated rings. The van der Waals surface area contributed by atoms with Gasteiger partial charge in [-0.2, -0.15) is 0 Å². The lowest BCUT2D eigenvalue weighted by molar-refractivity contribution is 0.281. The number of aromatic nitrogens is 5. The van der Waals surface area contributed by atoms with Crippen LogP contribution < -0.4 is 4.74 Å². The van der Waals surface area contributed by atoms with Crippen LogP contribution in [0, 0.1) is 5.82 Å². The Morgan fingerprint density at radius 2 is 1.90 bits per heavy atom. The average Bonchev–Trinajstić information content (AvgIpc) is 3.04. The first-order valence-electron chi connectivity index (χ1n) is 6.40. The van der Waals surface area contributed by atoms with Crippen LogP contribution in [0.3, 0.4) is 0 Å². The molecule has 0 spiro atoms. The molecule has 0 saturated carbocycles. The summed E-state index contributed by atoms with van der Waals surface area (Å²) in [4.78, 5) is 0. The maximum absolute atomic E-state index is 13.0. The van der Waals surface area contributed by atoms with Gasteiger partial charge in [-0.25, -0.2) is 9.07 Å². The zero-order valence-corrected chi connectivity index (χ0v) is 11.7. The molecule has 3 rings (SSSR count). The van der Waals surface area contributed by atoms with Crippen LogP contribution in [0.15, 0.2) is 36.5 Å². The van der Waals surface area contributed by atoms with E-state index in [1.807, 2.05) is 7.05 Å². The highest BCUT2D eigenvalue weighted by molar-refractivity contribution is 5.61. The van der Waals surface area contributed by atoms with Crippen molar-refractivity contribution >= 4 is 0 Å². The quantitative estimate of drug-likeness (QED) is 0.735. The molecular formula is C14H14FN5O. The fraction of sp³-hybridized carbons (Fsp3) is 0.214. The number of hydrogen-bond donors (Lipinski definition) is 0. The Bertz CT molecular complexity index is 747. The van der Waals surface area contributed by atoms with Gasteiger partial charge in [0.05, 0.1) is 0 Å². The molecule has 0 aliphatic rings. The van der Waals surface area contributed by atoms with Crippen LogP contribution in [-0.2, 0) is 20.7 Å². The van der Waals surface area contributed by atoms with E-state index >= 15 is 0 Å². The smallest absolute Gasteiger partial charge is 0.233 e. The van der Waals surface area contributed by atoms with Crippen LogP contribution in [0.2, 0.25) is 0 Å². The van der Waals surface area contributed by atoms with E-state index in [-0.39, 0.29) is 12.4 Å². The summed E-state index contributed by atoms with van der Waals surface area (Å²) in [5.41, 5.74) is 2.27. The average molecular weight is 287 g/mol. The maximum atomic E-state index is 13.0. The van der Waals surface area contributed by atoms with Crippen molar-refractivity contribution < 1.29 is 9.13 Å². The third kappa shape index (κ3) is 2.76. The summed E-state index contributed by atoms with van der Waals surface area (Å²) in [5, 5.41) is 12.3. The first-order valence-corrected chi connectivity index (χ1v) is 6.40. The minimum absolute atomic E-state index is 0.283. The maximum Gasteiger partial charge on any atom is 0.233 e. The summed E-state index contributed by atoms with van der Waals surface area (Å²) >= 11 is 0. The number of ether oxygens (including phenoxy) is 1. The number of hydrogen-bond acceptors (Lipinski definition) is 4. The second-order valence-corrected chi connectivity index (χ2v) is 4.63. The molecule has 2 aromatic heterocycles. The lowest BCUT2D eigenvalue weighted by Crippen LogP contribution is -2.05. The van der Waals surface area contributed by atoms with Gasteiger partial charge in [-0.15, -0.1) is 10.2 Å². The Balaban J connectivity index is 1.85. The van der Waals surface area contributed by atoms with Crippen molar-refractivity contribution in [1.29, 1.82) is 0 Å². The standard InChI is InChI=1S/C14H14FN5O/c1-19-8-7-13(17-19)21-9-12-14(16-18-20(12)2)10-3-5-11(15)6-4-10/h3-8H,9H2,1-2H3. The number of benzene rings is 1. The zero-order chi connectivity index (χ0) is 14.8. The minimum Gasteiger partial charge on any atom is -0.470 e. The van der Waals surface area contributed by atoms with Gasteiger partial charge in [0.25, 0.3) is 0 Å². The van der Waals surface area contributed by atoms with Crippen LogP contribution in [0.4, 0.5) is 4.39 Å². The van der Waals surface area contributed by atoms with E-state index in [1.54, 1.807) is 40.8 Å². The van der Waals surface area contributed by atoms with Crippen LogP contribution >= 0.6 is 0 Å². The Kier molecular flexibility index (Phi) is 3.39. The van der Waals surface area contributed by atoms with Crippen molar-refractivity contribution in [2.24, 2.45) is 14.1 Å². The van der Waals surface area contributed by atoms with Crippen LogP contribution in [0.1, 0.15) is 5.69 Å². The second-order valence-electron chi connectivity index (χ2n) is 4.63. The highest BCUT2D eigenvalue weighted by Crippen LogP contribution is 2.22. The molecule has 1 aromatic carbocycles. The number of aryl methyl sites for hydroxylation is 2. The van der Waals surface area contributed by atoms with Crippen molar-refractivity contribution in [1.82, 2.24) is 24.8 Å². The first-order chi connectivity index (χ1) is 10.1. The second kappa shape index (κ2) is 5.35. The molecule has 0 radical (unpaired) electrons. The summed E-state index contributed by atoms with van der Waals surface area (Å²) < 4.78 is 21.9. The minimum atomic E-state index is -0.283. The Labute approximate surface area is 120 Å². The van der Waals surface area contributed by atoms with Gasteiger partial charge in [-0.05, 0) is 24.3 Å². The lowest BCUT2D eigenvalue weighted by atomic mass is 10.1. The number of rotatable bonds is 4. The summed E-state index contributed by atoms with van der Waals surface area (Å²) in [6, 6.07) is 7.91. The van der Waals surface area contributed by atoms with E-state index in [2.05, 4.69) is 15.4 Å². The van der Waals surface area contributed by atoms with Crippen LogP contribution in [-0.4, -0.2) is 24.8 Å². The fourth-order valence-electron chi connectivity index (χ4n) is 1.98. The Hall–Kier alpha value is -2.70. The zero-order valence-electron chi connectivity index (χ0n) is 11.7. The molecule has 0 saturated heterocycles. The molecule has 0 bridgehead atoms. The number of halogens is 1. The highest BCUT2D eigenvalue weighted by Gasteiger charge is 2.14. The van der Waals surface area contributed by atoms with Crippen molar-refractivity contribution in [3.05, 3.63) is 48.0 Å². The summed E-state index contributed by atoms with van der Waals surface area (Å²) in [7, 11) is 3.61. The van der Waals surface area contributed by atoms with Gasteiger partial charge in [0.15, 0.2) is 0 Å². The summed E-state index contributed by atoms with van der Waals surface area (Å²) in [5.74, 6) is 0.248. The number of nitrogens with zero attached hydrogens (tertiary/aromatic N) is 5. The molecule has 7 heteroatoms. The highest BCUT2D eigenvalue weighted by atomic mass is 19.1. The van der Waals surface area contributed by atoms with E-state index in [9.17, 15) is 4.39 Å². The van der Waals surface area contributed by atoms with Gasteiger partial charge < -0.3 is 4.74 Å². The molecule has 21 heavy (non-hydrogen) atoms. The predicted octanol–water partition coefficient (Wildman–Crippen LogP) is 1.93. The van der Waals surface area contributed by atoms with Gasteiger partial charge >= 0.3 is 0 Å². The largest absolute Gasteiger partial charge is 0.470 e. The van der Waals surface area contributed by atoms with Gasteiger partial charge in [-0.1, -0.05) is 5.21 Å². The third-order valence-corrected chi connectivity index (χ3v) is 3.11. The van der Waals surface area contributed by atoms with Crippen molar-refractivity contribution in [2.45, 2.75) is 6.61 Å². The Morgan fingerprint density at radius 1 is 1.14 bits per heavy atom. The van der Waals surface area contributed by atoms with Crippen LogP contribution in [0.5, 0.6) is 5.88 Å². The first kappa shape index (κ1) is 13.3. The van der Waals surface area contributed by atoms with Gasteiger partial charge in [0.2, 0.25) is 5.88 Å². The third-order valence-electron chi connectivity index (χ3n) is 3.11. The molecule has 2 heterocycles. The SMILES string of the molecule is Cn1ccc(OCc2c(-c3ccc(F)cc3)nnn2C)n1. The topological polar surface area (TPSA) is 57.8 Å². The molecular weight excluding hydrogens is 273 g/mol. The van der Waals surface area contributed by atoms with E-state index in [4.69, 9.17) is 4.74 Å². The molecule has 0 aliphatic carbocycles. The van der Waals surface area contributed by atoms with Gasteiger partial charge in [0.1, 0.15) is 23.8 Å². The van der Waals surface area contributed by atoms with E-state index < -0.39 is 0 Å². The molecule has 0 N–H and O–H groups in total. The van der Waals surface area contributed by atoms with Crippen LogP contribution in [0.25, 0.3) is 11.3 Å². The molecule has 108 valence electrons. The van der Waals surface area contributed by atoms with Gasteiger partial charge in [-0.3, -0.25) is 4.68 Å². The van der Waals surface area contributed by atoms with E-state index in [0.29, 0.717) is 11.6 Å². The monoisotopic (exact) mass is 287 g/mol. The molecule has 3 aromatic rings. The molecule has 0 aliphatic heterocycles. The van der Waals surface area contributed by atoms with E-state index in [0.717, 1.165) is 11.3 Å². The van der Waals surface area contributed by atoms with Crippen molar-refractivity contribution in [3.8, 4) is 17.1 Å². The molecule has 0 amide bonds. The predicted molar refractivity (Wildman–Crippen MR) is 73.9 cm³/mol.